The highest BCUT2D eigenvalue weighted by Gasteiger charge is 2.31. The van der Waals surface area contributed by atoms with Crippen LogP contribution in [0.1, 0.15) is 23.4 Å². The predicted octanol–water partition coefficient (Wildman–Crippen LogP) is 4.23. The molecule has 3 aromatic rings. The molecule has 0 aliphatic heterocycles. The van der Waals surface area contributed by atoms with E-state index in [9.17, 15) is 23.7 Å². The molecule has 0 aliphatic carbocycles. The van der Waals surface area contributed by atoms with Crippen molar-refractivity contribution in [2.45, 2.75) is 26.4 Å². The molecule has 2 aromatic heterocycles. The fourth-order valence-electron chi connectivity index (χ4n) is 2.75. The van der Waals surface area contributed by atoms with Crippen LogP contribution in [0, 0.1) is 17.0 Å². The lowest BCUT2D eigenvalue weighted by molar-refractivity contribution is -0.386. The zero-order chi connectivity index (χ0) is 22.0. The van der Waals surface area contributed by atoms with E-state index in [2.05, 4.69) is 15.5 Å². The summed E-state index contributed by atoms with van der Waals surface area (Å²) in [5, 5.41) is 22.2. The van der Waals surface area contributed by atoms with E-state index >= 15 is 0 Å². The first-order valence-corrected chi connectivity index (χ1v) is 9.18. The van der Waals surface area contributed by atoms with Crippen LogP contribution in [-0.2, 0) is 17.9 Å². The SMILES string of the molecule is Cc1c([N+](=O)[O-])c(C(F)F)nn1CC(=O)Nc1ccn(Cc2ccc(Cl)cc2Cl)n1. The van der Waals surface area contributed by atoms with Gasteiger partial charge in [-0.25, -0.2) is 8.78 Å². The highest BCUT2D eigenvalue weighted by atomic mass is 35.5. The van der Waals surface area contributed by atoms with Gasteiger partial charge >= 0.3 is 5.69 Å². The number of carbonyl (C=O) groups excluding carboxylic acids is 1. The largest absolute Gasteiger partial charge is 0.319 e. The van der Waals surface area contributed by atoms with Crippen molar-refractivity contribution in [3.63, 3.8) is 0 Å². The second-order valence-corrected chi connectivity index (χ2v) is 7.06. The third-order valence-electron chi connectivity index (χ3n) is 4.14. The fraction of sp³-hybridized carbons (Fsp3) is 0.235. The van der Waals surface area contributed by atoms with E-state index in [-0.39, 0.29) is 11.5 Å². The van der Waals surface area contributed by atoms with Crippen molar-refractivity contribution in [1.29, 1.82) is 0 Å². The molecule has 0 atom stereocenters. The van der Waals surface area contributed by atoms with Gasteiger partial charge in [-0.1, -0.05) is 29.3 Å². The lowest BCUT2D eigenvalue weighted by Gasteiger charge is -2.06. The molecule has 0 aliphatic rings. The van der Waals surface area contributed by atoms with Crippen molar-refractivity contribution in [3.05, 3.63) is 67.6 Å². The summed E-state index contributed by atoms with van der Waals surface area (Å²) in [5.41, 5.74) is -1.16. The monoisotopic (exact) mass is 458 g/mol. The Morgan fingerprint density at radius 2 is 2.03 bits per heavy atom. The smallest absolute Gasteiger partial charge is 0.308 e. The van der Waals surface area contributed by atoms with Crippen molar-refractivity contribution in [1.82, 2.24) is 19.6 Å². The van der Waals surface area contributed by atoms with Crippen molar-refractivity contribution in [3.8, 4) is 0 Å². The first kappa shape index (κ1) is 21.7. The minimum absolute atomic E-state index is 0.145. The Morgan fingerprint density at radius 1 is 1.30 bits per heavy atom. The summed E-state index contributed by atoms with van der Waals surface area (Å²) in [7, 11) is 0. The molecule has 9 nitrogen and oxygen atoms in total. The van der Waals surface area contributed by atoms with Gasteiger partial charge in [-0.15, -0.1) is 0 Å². The Kier molecular flexibility index (Phi) is 6.32. The van der Waals surface area contributed by atoms with Crippen LogP contribution in [0.15, 0.2) is 30.5 Å². The van der Waals surface area contributed by atoms with Crippen molar-refractivity contribution in [2.75, 3.05) is 5.32 Å². The number of nitrogens with one attached hydrogen (secondary N) is 1. The van der Waals surface area contributed by atoms with E-state index < -0.39 is 35.2 Å². The van der Waals surface area contributed by atoms with Crippen LogP contribution in [0.5, 0.6) is 0 Å². The van der Waals surface area contributed by atoms with Crippen molar-refractivity contribution >= 4 is 40.6 Å². The Balaban J connectivity index is 1.69. The van der Waals surface area contributed by atoms with Crippen LogP contribution in [-0.4, -0.2) is 30.4 Å². The minimum atomic E-state index is -3.14. The number of benzene rings is 1. The molecular weight excluding hydrogens is 445 g/mol. The highest BCUT2D eigenvalue weighted by Crippen LogP contribution is 2.30. The molecule has 0 unspecified atom stereocenters. The summed E-state index contributed by atoms with van der Waals surface area (Å²) in [6.45, 7) is 1.08. The molecule has 3 rings (SSSR count). The van der Waals surface area contributed by atoms with Crippen LogP contribution in [0.25, 0.3) is 0 Å². The summed E-state index contributed by atoms with van der Waals surface area (Å²) >= 11 is 12.0. The quantitative estimate of drug-likeness (QED) is 0.420. The van der Waals surface area contributed by atoms with Gasteiger partial charge in [-0.3, -0.25) is 24.3 Å². The summed E-state index contributed by atoms with van der Waals surface area (Å²) in [6, 6.07) is 6.57. The second-order valence-electron chi connectivity index (χ2n) is 6.22. The number of alkyl halides is 2. The normalized spacial score (nSPS) is 11.1. The van der Waals surface area contributed by atoms with E-state index in [0.717, 1.165) is 10.2 Å². The summed E-state index contributed by atoms with van der Waals surface area (Å²) < 4.78 is 28.4. The average Bonchev–Trinajstić information content (AvgIpc) is 3.22. The van der Waals surface area contributed by atoms with Gasteiger partial charge in [0.2, 0.25) is 11.6 Å². The lowest BCUT2D eigenvalue weighted by Crippen LogP contribution is -2.21. The topological polar surface area (TPSA) is 108 Å². The molecule has 0 saturated heterocycles. The number of rotatable bonds is 7. The molecule has 158 valence electrons. The van der Waals surface area contributed by atoms with E-state index in [4.69, 9.17) is 23.2 Å². The van der Waals surface area contributed by atoms with Crippen LogP contribution >= 0.6 is 23.2 Å². The molecule has 2 heterocycles. The van der Waals surface area contributed by atoms with Crippen molar-refractivity contribution < 1.29 is 18.5 Å². The first-order chi connectivity index (χ1) is 14.2. The third-order valence-corrected chi connectivity index (χ3v) is 4.73. The van der Waals surface area contributed by atoms with Crippen LogP contribution in [0.2, 0.25) is 10.0 Å². The average molecular weight is 459 g/mol. The van der Waals surface area contributed by atoms with Gasteiger partial charge in [0, 0.05) is 22.3 Å². The molecule has 0 bridgehead atoms. The van der Waals surface area contributed by atoms with Gasteiger partial charge < -0.3 is 5.32 Å². The Labute approximate surface area is 178 Å². The van der Waals surface area contributed by atoms with Gasteiger partial charge in [0.1, 0.15) is 12.2 Å². The molecule has 13 heteroatoms. The number of anilines is 1. The third kappa shape index (κ3) is 4.74. The molecule has 1 aromatic carbocycles. The van der Waals surface area contributed by atoms with Crippen LogP contribution in [0.4, 0.5) is 20.3 Å². The maximum atomic E-state index is 13.0. The molecule has 0 fully saturated rings. The number of hydrogen-bond donors (Lipinski definition) is 1. The Morgan fingerprint density at radius 3 is 2.63 bits per heavy atom. The summed E-state index contributed by atoms with van der Waals surface area (Å²) in [6.07, 6.45) is -1.52. The summed E-state index contributed by atoms with van der Waals surface area (Å²) in [5.74, 6) is -0.426. The number of amides is 1. The number of hydrogen-bond acceptors (Lipinski definition) is 5. The molecule has 30 heavy (non-hydrogen) atoms. The van der Waals surface area contributed by atoms with E-state index in [1.807, 2.05) is 0 Å². The zero-order valence-corrected chi connectivity index (χ0v) is 16.9. The molecule has 1 amide bonds. The molecule has 0 spiro atoms. The van der Waals surface area contributed by atoms with E-state index in [1.165, 1.54) is 17.7 Å². The van der Waals surface area contributed by atoms with Gasteiger partial charge in [-0.05, 0) is 24.6 Å². The van der Waals surface area contributed by atoms with Gasteiger partial charge in [-0.2, -0.15) is 10.2 Å². The van der Waals surface area contributed by atoms with Gasteiger partial charge in [0.25, 0.3) is 6.43 Å². The maximum absolute atomic E-state index is 13.0. The second kappa shape index (κ2) is 8.76. The standard InChI is InChI=1S/C17H14Cl2F2N6O3/c1-9-16(27(29)30)15(17(20)21)24-26(9)8-14(28)22-13-4-5-25(23-13)7-10-2-3-11(18)6-12(10)19/h2-6,17H,7-8H2,1H3,(H,22,23,28). The summed E-state index contributed by atoms with van der Waals surface area (Å²) in [4.78, 5) is 22.3. The number of carbonyl (C=O) groups is 1. The number of halogens is 4. The van der Waals surface area contributed by atoms with E-state index in [1.54, 1.807) is 24.4 Å². The number of aromatic nitrogens is 4. The van der Waals surface area contributed by atoms with Crippen molar-refractivity contribution in [2.24, 2.45) is 0 Å². The van der Waals surface area contributed by atoms with E-state index in [0.29, 0.717) is 16.6 Å². The Bertz CT molecular complexity index is 1120. The molecule has 0 radical (unpaired) electrons. The first-order valence-electron chi connectivity index (χ1n) is 8.42. The highest BCUT2D eigenvalue weighted by molar-refractivity contribution is 6.35. The molecule has 1 N–H and O–H groups in total. The van der Waals surface area contributed by atoms with Gasteiger partial charge in [0.15, 0.2) is 5.82 Å². The molecule has 0 saturated carbocycles. The molecular formula is C17H14Cl2F2N6O3. The number of nitro groups is 1. The van der Waals surface area contributed by atoms with Crippen LogP contribution < -0.4 is 5.32 Å². The number of nitrogens with zero attached hydrogens (tertiary/aromatic N) is 5. The fourth-order valence-corrected chi connectivity index (χ4v) is 3.21. The predicted molar refractivity (Wildman–Crippen MR) is 105 cm³/mol. The van der Waals surface area contributed by atoms with Gasteiger partial charge in [0.05, 0.1) is 11.5 Å². The van der Waals surface area contributed by atoms with Crippen LogP contribution in [0.3, 0.4) is 0 Å². The minimum Gasteiger partial charge on any atom is -0.308 e. The zero-order valence-electron chi connectivity index (χ0n) is 15.4. The lowest BCUT2D eigenvalue weighted by atomic mass is 10.2. The Hall–Kier alpha value is -3.05. The maximum Gasteiger partial charge on any atom is 0.319 e.